The first-order valence-electron chi connectivity index (χ1n) is 10.2. The molecule has 0 aliphatic heterocycles. The minimum Gasteiger partial charge on any atom is -0.497 e. The minimum atomic E-state index is -0.206. The zero-order valence-corrected chi connectivity index (χ0v) is 18.4. The van der Waals surface area contributed by atoms with Crippen LogP contribution in [-0.4, -0.2) is 45.7 Å². The lowest BCUT2D eigenvalue weighted by Gasteiger charge is -2.22. The van der Waals surface area contributed by atoms with Crippen LogP contribution in [0.2, 0.25) is 0 Å². The lowest BCUT2D eigenvalue weighted by molar-refractivity contribution is -0.890. The number of urea groups is 1. The zero-order chi connectivity index (χ0) is 22.1. The predicted octanol–water partition coefficient (Wildman–Crippen LogP) is 1.52. The fraction of sp³-hybridized carbons (Fsp3) is 0.391. The number of likely N-dealkylation sites (N-methyl/N-ethyl adjacent to an activating group) is 1. The van der Waals surface area contributed by atoms with Crippen molar-refractivity contribution < 1.29 is 19.2 Å². The number of hydrogen-bond acceptors (Lipinski definition) is 3. The van der Waals surface area contributed by atoms with Crippen molar-refractivity contribution in [2.24, 2.45) is 0 Å². The fourth-order valence-electron chi connectivity index (χ4n) is 3.06. The number of carbonyl (C=O) groups is 2. The van der Waals surface area contributed by atoms with Crippen LogP contribution in [0.15, 0.2) is 48.5 Å². The molecule has 0 spiro atoms. The average molecular weight is 414 g/mol. The van der Waals surface area contributed by atoms with Crippen molar-refractivity contribution in [3.63, 3.8) is 0 Å². The van der Waals surface area contributed by atoms with Gasteiger partial charge >= 0.3 is 6.03 Å². The highest BCUT2D eigenvalue weighted by Gasteiger charge is 2.19. The first-order valence-corrected chi connectivity index (χ1v) is 10.2. The van der Waals surface area contributed by atoms with Crippen LogP contribution in [0.25, 0.3) is 0 Å². The van der Waals surface area contributed by atoms with E-state index in [2.05, 4.69) is 30.0 Å². The predicted molar refractivity (Wildman–Crippen MR) is 118 cm³/mol. The Kier molecular flexibility index (Phi) is 8.68. The quantitative estimate of drug-likeness (QED) is 0.503. The van der Waals surface area contributed by atoms with Gasteiger partial charge in [-0.25, -0.2) is 4.79 Å². The second kappa shape index (κ2) is 11.2. The molecule has 0 fully saturated rings. The van der Waals surface area contributed by atoms with Crippen LogP contribution in [0.1, 0.15) is 41.4 Å². The van der Waals surface area contributed by atoms with E-state index in [4.69, 9.17) is 4.74 Å². The van der Waals surface area contributed by atoms with Crippen molar-refractivity contribution in [2.45, 2.75) is 32.5 Å². The summed E-state index contributed by atoms with van der Waals surface area (Å²) in [4.78, 5) is 25.5. The molecule has 2 aromatic rings. The normalized spacial score (nSPS) is 11.8. The van der Waals surface area contributed by atoms with Crippen LogP contribution < -0.4 is 25.6 Å². The summed E-state index contributed by atoms with van der Waals surface area (Å²) >= 11 is 0. The lowest BCUT2D eigenvalue weighted by atomic mass is 10.1. The summed E-state index contributed by atoms with van der Waals surface area (Å²) in [6.45, 7) is 4.74. The van der Waals surface area contributed by atoms with Gasteiger partial charge in [0.25, 0.3) is 5.91 Å². The maximum absolute atomic E-state index is 12.6. The van der Waals surface area contributed by atoms with E-state index in [1.54, 1.807) is 19.2 Å². The molecular formula is C23H33N4O3+. The summed E-state index contributed by atoms with van der Waals surface area (Å²) in [6.07, 6.45) is 0. The van der Waals surface area contributed by atoms with Crippen LogP contribution >= 0.6 is 0 Å². The van der Waals surface area contributed by atoms with Crippen molar-refractivity contribution in [1.29, 1.82) is 0 Å². The third kappa shape index (κ3) is 7.08. The second-order valence-electron chi connectivity index (χ2n) is 7.79. The molecule has 0 radical (unpaired) electrons. The Bertz CT molecular complexity index is 817. The Morgan fingerprint density at radius 2 is 1.60 bits per heavy atom. The topological polar surface area (TPSA) is 83.9 Å². The van der Waals surface area contributed by atoms with E-state index in [0.717, 1.165) is 16.9 Å². The third-order valence-corrected chi connectivity index (χ3v) is 4.77. The van der Waals surface area contributed by atoms with Crippen molar-refractivity contribution in [3.8, 4) is 5.75 Å². The van der Waals surface area contributed by atoms with Gasteiger partial charge in [0, 0.05) is 23.7 Å². The molecule has 3 amide bonds. The smallest absolute Gasteiger partial charge is 0.315 e. The number of methoxy groups -OCH3 is 1. The largest absolute Gasteiger partial charge is 0.497 e. The van der Waals surface area contributed by atoms with Crippen LogP contribution in [0, 0.1) is 0 Å². The van der Waals surface area contributed by atoms with E-state index in [1.165, 1.54) is 4.90 Å². The van der Waals surface area contributed by atoms with Crippen LogP contribution in [0.4, 0.5) is 4.79 Å². The van der Waals surface area contributed by atoms with Crippen molar-refractivity contribution in [1.82, 2.24) is 16.0 Å². The summed E-state index contributed by atoms with van der Waals surface area (Å²) in [5.41, 5.74) is 2.66. The van der Waals surface area contributed by atoms with Crippen LogP contribution in [0.5, 0.6) is 5.75 Å². The van der Waals surface area contributed by atoms with E-state index >= 15 is 0 Å². The van der Waals surface area contributed by atoms with Gasteiger partial charge < -0.3 is 25.6 Å². The van der Waals surface area contributed by atoms with Gasteiger partial charge in [0.05, 0.1) is 27.7 Å². The van der Waals surface area contributed by atoms with Gasteiger partial charge in [0.2, 0.25) is 0 Å². The molecule has 2 rings (SSSR count). The first kappa shape index (κ1) is 23.2. The van der Waals surface area contributed by atoms with Gasteiger partial charge in [-0.3, -0.25) is 4.79 Å². The molecule has 30 heavy (non-hydrogen) atoms. The van der Waals surface area contributed by atoms with Crippen LogP contribution in [-0.2, 0) is 6.54 Å². The molecule has 0 saturated carbocycles. The van der Waals surface area contributed by atoms with Gasteiger partial charge in [-0.1, -0.05) is 12.1 Å². The van der Waals surface area contributed by atoms with Crippen molar-refractivity contribution in [3.05, 3.63) is 65.2 Å². The monoisotopic (exact) mass is 413 g/mol. The molecule has 7 heteroatoms. The maximum atomic E-state index is 12.6. The molecule has 2 aromatic carbocycles. The molecule has 0 unspecified atom stereocenters. The Balaban J connectivity index is 1.91. The zero-order valence-electron chi connectivity index (χ0n) is 18.4. The molecular weight excluding hydrogens is 380 g/mol. The van der Waals surface area contributed by atoms with E-state index < -0.39 is 0 Å². The first-order chi connectivity index (χ1) is 14.3. The SMILES string of the molecule is COc1ccc([C@H](CNC(=O)c2ccc(CNC(=O)NC(C)C)cc2)[NH+](C)C)cc1. The highest BCUT2D eigenvalue weighted by Crippen LogP contribution is 2.15. The molecule has 7 nitrogen and oxygen atoms in total. The summed E-state index contributed by atoms with van der Waals surface area (Å²) in [5, 5.41) is 8.60. The lowest BCUT2D eigenvalue weighted by Crippen LogP contribution is -3.07. The molecule has 4 N–H and O–H groups in total. The fourth-order valence-corrected chi connectivity index (χ4v) is 3.06. The Hall–Kier alpha value is -3.06. The Labute approximate surface area is 178 Å². The summed E-state index contributed by atoms with van der Waals surface area (Å²) in [5.74, 6) is 0.693. The van der Waals surface area contributed by atoms with Gasteiger partial charge in [-0.05, 0) is 55.8 Å². The van der Waals surface area contributed by atoms with E-state index in [1.807, 2.05) is 50.2 Å². The summed E-state index contributed by atoms with van der Waals surface area (Å²) in [7, 11) is 5.78. The Morgan fingerprint density at radius 1 is 0.967 bits per heavy atom. The second-order valence-corrected chi connectivity index (χ2v) is 7.79. The van der Waals surface area contributed by atoms with Gasteiger partial charge in [0.15, 0.2) is 0 Å². The molecule has 1 atom stereocenters. The summed E-state index contributed by atoms with van der Waals surface area (Å²) < 4.78 is 5.22. The molecule has 0 aliphatic carbocycles. The van der Waals surface area contributed by atoms with E-state index in [-0.39, 0.29) is 24.0 Å². The third-order valence-electron chi connectivity index (χ3n) is 4.77. The van der Waals surface area contributed by atoms with Gasteiger partial charge in [-0.2, -0.15) is 0 Å². The summed E-state index contributed by atoms with van der Waals surface area (Å²) in [6, 6.07) is 15.2. The number of benzene rings is 2. The molecule has 0 aromatic heterocycles. The van der Waals surface area contributed by atoms with Crippen molar-refractivity contribution >= 4 is 11.9 Å². The Morgan fingerprint density at radius 3 is 2.13 bits per heavy atom. The highest BCUT2D eigenvalue weighted by atomic mass is 16.5. The highest BCUT2D eigenvalue weighted by molar-refractivity contribution is 5.94. The standard InChI is InChI=1S/C23H32N4O3/c1-16(2)26-23(29)25-14-17-6-8-19(9-7-17)22(28)24-15-21(27(3)4)18-10-12-20(30-5)13-11-18/h6-13,16,21H,14-15H2,1-5H3,(H,24,28)(H2,25,26,29)/p+1/t21-/m0/s1. The number of carbonyl (C=O) groups excluding carboxylic acids is 2. The molecule has 162 valence electrons. The maximum Gasteiger partial charge on any atom is 0.315 e. The van der Waals surface area contributed by atoms with Gasteiger partial charge in [-0.15, -0.1) is 0 Å². The minimum absolute atomic E-state index is 0.0850. The number of ether oxygens (including phenoxy) is 1. The van der Waals surface area contributed by atoms with E-state index in [9.17, 15) is 9.59 Å². The van der Waals surface area contributed by atoms with Gasteiger partial charge in [0.1, 0.15) is 11.8 Å². The molecule has 0 saturated heterocycles. The number of hydrogen-bond donors (Lipinski definition) is 4. The van der Waals surface area contributed by atoms with Crippen molar-refractivity contribution in [2.75, 3.05) is 27.7 Å². The van der Waals surface area contributed by atoms with E-state index in [0.29, 0.717) is 18.7 Å². The number of nitrogens with one attached hydrogen (secondary N) is 4. The number of rotatable bonds is 9. The molecule has 0 aliphatic rings. The average Bonchev–Trinajstić information content (AvgIpc) is 2.72. The molecule has 0 bridgehead atoms. The number of amides is 3. The van der Waals surface area contributed by atoms with Crippen LogP contribution in [0.3, 0.4) is 0 Å². The molecule has 0 heterocycles. The number of quaternary nitrogens is 1.